The molecule has 1 unspecified atom stereocenters. The summed E-state index contributed by atoms with van der Waals surface area (Å²) in [5.74, 6) is 0.813. The minimum absolute atomic E-state index is 0.285. The molecule has 0 saturated carbocycles. The van der Waals surface area contributed by atoms with Crippen molar-refractivity contribution in [2.45, 2.75) is 13.0 Å². The van der Waals surface area contributed by atoms with Crippen molar-refractivity contribution in [3.05, 3.63) is 52.6 Å². The molecule has 0 fully saturated rings. The molecule has 16 heavy (non-hydrogen) atoms. The summed E-state index contributed by atoms with van der Waals surface area (Å²) in [5, 5.41) is 0.720. The predicted molar refractivity (Wildman–Crippen MR) is 65.4 cm³/mol. The van der Waals surface area contributed by atoms with E-state index < -0.39 is 0 Å². The summed E-state index contributed by atoms with van der Waals surface area (Å²) in [7, 11) is 1.92. The number of benzene rings is 1. The number of nitrogens with two attached hydrogens (primary N) is 1. The third kappa shape index (κ3) is 1.84. The van der Waals surface area contributed by atoms with Gasteiger partial charge in [0, 0.05) is 24.5 Å². The highest BCUT2D eigenvalue weighted by molar-refractivity contribution is 6.32. The van der Waals surface area contributed by atoms with Gasteiger partial charge in [0.05, 0.1) is 6.04 Å². The van der Waals surface area contributed by atoms with Gasteiger partial charge in [0.25, 0.3) is 0 Å². The topological polar surface area (TPSA) is 43.8 Å². The Balaban J connectivity index is 2.46. The Kier molecular flexibility index (Phi) is 2.99. The van der Waals surface area contributed by atoms with E-state index in [2.05, 4.69) is 4.98 Å². The molecule has 0 radical (unpaired) electrons. The molecule has 2 N–H and O–H groups in total. The summed E-state index contributed by atoms with van der Waals surface area (Å²) in [5.41, 5.74) is 8.11. The summed E-state index contributed by atoms with van der Waals surface area (Å²) in [6.45, 7) is 1.97. The van der Waals surface area contributed by atoms with Crippen LogP contribution in [0.2, 0.25) is 5.02 Å². The Morgan fingerprint density at radius 3 is 2.81 bits per heavy atom. The summed E-state index contributed by atoms with van der Waals surface area (Å²) in [6.07, 6.45) is 3.61. The molecule has 2 aromatic rings. The van der Waals surface area contributed by atoms with Crippen molar-refractivity contribution in [3.8, 4) is 0 Å². The lowest BCUT2D eigenvalue weighted by Gasteiger charge is -2.14. The van der Waals surface area contributed by atoms with Crippen LogP contribution in [-0.2, 0) is 7.05 Å². The van der Waals surface area contributed by atoms with Crippen molar-refractivity contribution < 1.29 is 0 Å². The number of aryl methyl sites for hydroxylation is 2. The number of hydrogen-bond acceptors (Lipinski definition) is 2. The molecule has 0 saturated heterocycles. The Bertz CT molecular complexity index is 505. The van der Waals surface area contributed by atoms with Gasteiger partial charge in [-0.05, 0) is 18.1 Å². The molecule has 0 bridgehead atoms. The van der Waals surface area contributed by atoms with E-state index in [9.17, 15) is 0 Å². The summed E-state index contributed by atoms with van der Waals surface area (Å²) in [4.78, 5) is 4.24. The molecule has 1 atom stereocenters. The number of rotatable bonds is 2. The third-order valence-electron chi connectivity index (χ3n) is 2.69. The highest BCUT2D eigenvalue weighted by atomic mass is 35.5. The van der Waals surface area contributed by atoms with Crippen LogP contribution < -0.4 is 5.73 Å². The quantitative estimate of drug-likeness (QED) is 0.869. The first-order valence-electron chi connectivity index (χ1n) is 5.09. The number of hydrogen-bond donors (Lipinski definition) is 1. The maximum Gasteiger partial charge on any atom is 0.130 e. The van der Waals surface area contributed by atoms with Crippen LogP contribution in [0.5, 0.6) is 0 Å². The molecule has 2 rings (SSSR count). The van der Waals surface area contributed by atoms with Crippen molar-refractivity contribution in [2.75, 3.05) is 0 Å². The Morgan fingerprint density at radius 1 is 1.44 bits per heavy atom. The second-order valence-electron chi connectivity index (χ2n) is 3.85. The lowest BCUT2D eigenvalue weighted by atomic mass is 10.0. The van der Waals surface area contributed by atoms with E-state index in [0.717, 1.165) is 22.0 Å². The smallest absolute Gasteiger partial charge is 0.130 e. The van der Waals surface area contributed by atoms with Gasteiger partial charge in [-0.2, -0.15) is 0 Å². The maximum atomic E-state index is 6.24. The van der Waals surface area contributed by atoms with Gasteiger partial charge in [-0.15, -0.1) is 0 Å². The number of imidazole rings is 1. The van der Waals surface area contributed by atoms with E-state index >= 15 is 0 Å². The van der Waals surface area contributed by atoms with Crippen LogP contribution in [0.15, 0.2) is 30.6 Å². The largest absolute Gasteiger partial charge is 0.336 e. The van der Waals surface area contributed by atoms with Gasteiger partial charge in [-0.1, -0.05) is 29.8 Å². The highest BCUT2D eigenvalue weighted by Crippen LogP contribution is 2.27. The lowest BCUT2D eigenvalue weighted by Crippen LogP contribution is -2.17. The molecule has 4 heteroatoms. The molecular formula is C12H14ClN3. The Hall–Kier alpha value is -1.32. The van der Waals surface area contributed by atoms with Crippen molar-refractivity contribution in [1.29, 1.82) is 0 Å². The van der Waals surface area contributed by atoms with Crippen molar-refractivity contribution in [3.63, 3.8) is 0 Å². The molecule has 0 aliphatic rings. The standard InChI is InChI=1S/C12H14ClN3/c1-8-4-3-5-9(10(8)13)11(14)12-15-6-7-16(12)2/h3-7,11H,14H2,1-2H3. The van der Waals surface area contributed by atoms with Gasteiger partial charge in [0.1, 0.15) is 5.82 Å². The number of halogens is 1. The third-order valence-corrected chi connectivity index (χ3v) is 3.21. The van der Waals surface area contributed by atoms with Crippen LogP contribution in [0.25, 0.3) is 0 Å². The molecular weight excluding hydrogens is 222 g/mol. The van der Waals surface area contributed by atoms with Crippen LogP contribution in [0.3, 0.4) is 0 Å². The van der Waals surface area contributed by atoms with Gasteiger partial charge < -0.3 is 10.3 Å². The van der Waals surface area contributed by atoms with E-state index in [1.165, 1.54) is 0 Å². The minimum Gasteiger partial charge on any atom is -0.336 e. The van der Waals surface area contributed by atoms with Gasteiger partial charge in [-0.25, -0.2) is 4.98 Å². The molecule has 0 spiro atoms. The van der Waals surface area contributed by atoms with Crippen molar-refractivity contribution in [2.24, 2.45) is 12.8 Å². The molecule has 1 aromatic carbocycles. The Morgan fingerprint density at radius 2 is 2.19 bits per heavy atom. The highest BCUT2D eigenvalue weighted by Gasteiger charge is 2.16. The molecule has 0 aliphatic carbocycles. The summed E-state index contributed by atoms with van der Waals surface area (Å²) in [6, 6.07) is 5.58. The van der Waals surface area contributed by atoms with Crippen LogP contribution >= 0.6 is 11.6 Å². The van der Waals surface area contributed by atoms with Gasteiger partial charge in [0.2, 0.25) is 0 Å². The number of aromatic nitrogens is 2. The van der Waals surface area contributed by atoms with Crippen LogP contribution in [0.1, 0.15) is 23.0 Å². The zero-order valence-electron chi connectivity index (χ0n) is 9.31. The fourth-order valence-corrected chi connectivity index (χ4v) is 1.97. The van der Waals surface area contributed by atoms with E-state index in [1.807, 2.05) is 42.9 Å². The first kappa shape index (κ1) is 11.2. The zero-order valence-corrected chi connectivity index (χ0v) is 10.1. The maximum absolute atomic E-state index is 6.24. The predicted octanol–water partition coefficient (Wildman–Crippen LogP) is 2.43. The number of nitrogens with zero attached hydrogens (tertiary/aromatic N) is 2. The molecule has 3 nitrogen and oxygen atoms in total. The van der Waals surface area contributed by atoms with Crippen LogP contribution in [0.4, 0.5) is 0 Å². The monoisotopic (exact) mass is 235 g/mol. The van der Waals surface area contributed by atoms with Gasteiger partial charge in [0.15, 0.2) is 0 Å². The first-order chi connectivity index (χ1) is 7.61. The van der Waals surface area contributed by atoms with Crippen molar-refractivity contribution in [1.82, 2.24) is 9.55 Å². The fourth-order valence-electron chi connectivity index (χ4n) is 1.73. The van der Waals surface area contributed by atoms with E-state index in [1.54, 1.807) is 6.20 Å². The molecule has 0 amide bonds. The molecule has 1 heterocycles. The minimum atomic E-state index is -0.285. The lowest BCUT2D eigenvalue weighted by molar-refractivity contribution is 0.716. The molecule has 1 aromatic heterocycles. The van der Waals surface area contributed by atoms with Crippen molar-refractivity contribution >= 4 is 11.6 Å². The average molecular weight is 236 g/mol. The second-order valence-corrected chi connectivity index (χ2v) is 4.23. The Labute approximate surface area is 99.9 Å². The summed E-state index contributed by atoms with van der Waals surface area (Å²) < 4.78 is 1.91. The SMILES string of the molecule is Cc1cccc(C(N)c2nccn2C)c1Cl. The van der Waals surface area contributed by atoms with E-state index in [4.69, 9.17) is 17.3 Å². The van der Waals surface area contributed by atoms with Gasteiger partial charge in [-0.3, -0.25) is 0 Å². The molecule has 84 valence electrons. The average Bonchev–Trinajstić information content (AvgIpc) is 2.68. The van der Waals surface area contributed by atoms with Crippen LogP contribution in [-0.4, -0.2) is 9.55 Å². The normalized spacial score (nSPS) is 12.8. The van der Waals surface area contributed by atoms with Gasteiger partial charge >= 0.3 is 0 Å². The van der Waals surface area contributed by atoms with E-state index in [-0.39, 0.29) is 6.04 Å². The second kappa shape index (κ2) is 4.28. The first-order valence-corrected chi connectivity index (χ1v) is 5.47. The molecule has 0 aliphatic heterocycles. The zero-order chi connectivity index (χ0) is 11.7. The van der Waals surface area contributed by atoms with E-state index in [0.29, 0.717) is 0 Å². The van der Waals surface area contributed by atoms with Crippen LogP contribution in [0, 0.1) is 6.92 Å². The summed E-state index contributed by atoms with van der Waals surface area (Å²) >= 11 is 6.24. The fraction of sp³-hybridized carbons (Fsp3) is 0.250.